The molecular formula is C22H23N3O4S. The molecule has 0 atom stereocenters. The number of rotatable bonds is 7. The Morgan fingerprint density at radius 2 is 1.70 bits per heavy atom. The summed E-state index contributed by atoms with van der Waals surface area (Å²) >= 11 is 0. The molecule has 0 spiro atoms. The number of sulfonamides is 1. The standard InChI is InChI=1S/C22H23N3O4S/c1-4-29-20-11-9-18(10-12-20)25-30(27,28)21-13-19(8-5-15(21)2)24-22(26)17-7-6-16(3)23-14-17/h5-14,25H,4H2,1-3H3,(H,24,26). The van der Waals surface area contributed by atoms with Crippen LogP contribution < -0.4 is 14.8 Å². The molecule has 3 rings (SSSR count). The third-order valence-corrected chi connectivity index (χ3v) is 5.85. The Morgan fingerprint density at radius 1 is 1.00 bits per heavy atom. The second kappa shape index (κ2) is 8.96. The van der Waals surface area contributed by atoms with E-state index in [0.29, 0.717) is 34.9 Å². The Bertz CT molecular complexity index is 1140. The highest BCUT2D eigenvalue weighted by Gasteiger charge is 2.18. The first-order chi connectivity index (χ1) is 14.3. The summed E-state index contributed by atoms with van der Waals surface area (Å²) in [4.78, 5) is 16.6. The molecule has 1 heterocycles. The highest BCUT2D eigenvalue weighted by Crippen LogP contribution is 2.24. The Morgan fingerprint density at radius 3 is 2.33 bits per heavy atom. The quantitative estimate of drug-likeness (QED) is 0.593. The number of hydrogen-bond donors (Lipinski definition) is 2. The van der Waals surface area contributed by atoms with Crippen molar-refractivity contribution in [2.45, 2.75) is 25.7 Å². The number of hydrogen-bond acceptors (Lipinski definition) is 5. The van der Waals surface area contributed by atoms with Crippen molar-refractivity contribution in [3.63, 3.8) is 0 Å². The van der Waals surface area contributed by atoms with E-state index in [0.717, 1.165) is 5.69 Å². The average molecular weight is 426 g/mol. The molecule has 2 aromatic carbocycles. The van der Waals surface area contributed by atoms with Crippen molar-refractivity contribution in [3.05, 3.63) is 77.6 Å². The van der Waals surface area contributed by atoms with Crippen LogP contribution >= 0.6 is 0 Å². The fourth-order valence-corrected chi connectivity index (χ4v) is 4.10. The molecule has 156 valence electrons. The van der Waals surface area contributed by atoms with Crippen LogP contribution in [0.1, 0.15) is 28.5 Å². The van der Waals surface area contributed by atoms with Crippen molar-refractivity contribution in [1.29, 1.82) is 0 Å². The molecule has 1 aromatic heterocycles. The first kappa shape index (κ1) is 21.3. The van der Waals surface area contributed by atoms with Crippen molar-refractivity contribution in [1.82, 2.24) is 4.98 Å². The van der Waals surface area contributed by atoms with Gasteiger partial charge in [-0.1, -0.05) is 6.07 Å². The minimum Gasteiger partial charge on any atom is -0.494 e. The molecule has 0 saturated carbocycles. The second-order valence-corrected chi connectivity index (χ2v) is 8.34. The van der Waals surface area contributed by atoms with Crippen LogP contribution in [0.15, 0.2) is 65.7 Å². The molecule has 0 saturated heterocycles. The Hall–Kier alpha value is -3.39. The lowest BCUT2D eigenvalue weighted by Crippen LogP contribution is -2.16. The highest BCUT2D eigenvalue weighted by atomic mass is 32.2. The number of anilines is 2. The minimum absolute atomic E-state index is 0.0798. The lowest BCUT2D eigenvalue weighted by molar-refractivity contribution is 0.102. The highest BCUT2D eigenvalue weighted by molar-refractivity contribution is 7.92. The molecule has 0 unspecified atom stereocenters. The van der Waals surface area contributed by atoms with Gasteiger partial charge in [-0.15, -0.1) is 0 Å². The van der Waals surface area contributed by atoms with Crippen molar-refractivity contribution in [2.24, 2.45) is 0 Å². The van der Waals surface area contributed by atoms with Gasteiger partial charge in [-0.25, -0.2) is 8.42 Å². The third-order valence-electron chi connectivity index (χ3n) is 4.33. The van der Waals surface area contributed by atoms with Gasteiger partial charge in [-0.05, 0) is 74.9 Å². The maximum absolute atomic E-state index is 12.9. The number of aryl methyl sites for hydroxylation is 2. The molecule has 0 aliphatic rings. The zero-order valence-corrected chi connectivity index (χ0v) is 17.8. The number of carbonyl (C=O) groups excluding carboxylic acids is 1. The van der Waals surface area contributed by atoms with E-state index in [9.17, 15) is 13.2 Å². The van der Waals surface area contributed by atoms with Gasteiger partial charge in [-0.3, -0.25) is 14.5 Å². The zero-order valence-electron chi connectivity index (χ0n) is 17.0. The largest absolute Gasteiger partial charge is 0.494 e. The van der Waals surface area contributed by atoms with E-state index in [2.05, 4.69) is 15.0 Å². The number of ether oxygens (including phenoxy) is 1. The monoisotopic (exact) mass is 425 g/mol. The normalized spacial score (nSPS) is 11.0. The van der Waals surface area contributed by atoms with E-state index in [-0.39, 0.29) is 10.8 Å². The van der Waals surface area contributed by atoms with Gasteiger partial charge >= 0.3 is 0 Å². The van der Waals surface area contributed by atoms with Crippen molar-refractivity contribution in [3.8, 4) is 5.75 Å². The average Bonchev–Trinajstić information content (AvgIpc) is 2.71. The fourth-order valence-electron chi connectivity index (χ4n) is 2.77. The Kier molecular flexibility index (Phi) is 6.37. The molecular weight excluding hydrogens is 402 g/mol. The zero-order chi connectivity index (χ0) is 21.7. The van der Waals surface area contributed by atoms with Crippen LogP contribution in [0.5, 0.6) is 5.75 Å². The van der Waals surface area contributed by atoms with Gasteiger partial charge in [0, 0.05) is 23.3 Å². The molecule has 0 fully saturated rings. The van der Waals surface area contributed by atoms with Gasteiger partial charge in [0.05, 0.1) is 17.1 Å². The van der Waals surface area contributed by atoms with Crippen LogP contribution in [0.2, 0.25) is 0 Å². The molecule has 7 nitrogen and oxygen atoms in total. The molecule has 30 heavy (non-hydrogen) atoms. The number of amides is 1. The third kappa shape index (κ3) is 5.15. The minimum atomic E-state index is -3.85. The summed E-state index contributed by atoms with van der Waals surface area (Å²) in [5.41, 5.74) is 2.54. The van der Waals surface area contributed by atoms with Crippen molar-refractivity contribution >= 4 is 27.3 Å². The number of aromatic nitrogens is 1. The molecule has 0 radical (unpaired) electrons. The lowest BCUT2D eigenvalue weighted by atomic mass is 10.2. The van der Waals surface area contributed by atoms with E-state index in [4.69, 9.17) is 4.74 Å². The molecule has 8 heteroatoms. The van der Waals surface area contributed by atoms with Crippen LogP contribution in [0, 0.1) is 13.8 Å². The fraction of sp³-hybridized carbons (Fsp3) is 0.182. The number of carbonyl (C=O) groups is 1. The summed E-state index contributed by atoms with van der Waals surface area (Å²) < 4.78 is 33.8. The predicted molar refractivity (Wildman–Crippen MR) is 117 cm³/mol. The van der Waals surface area contributed by atoms with E-state index in [1.807, 2.05) is 13.8 Å². The summed E-state index contributed by atoms with van der Waals surface area (Å²) in [6.07, 6.45) is 1.48. The van der Waals surface area contributed by atoms with Crippen LogP contribution in [0.3, 0.4) is 0 Å². The van der Waals surface area contributed by atoms with E-state index in [1.165, 1.54) is 12.3 Å². The van der Waals surface area contributed by atoms with Crippen LogP contribution in [-0.4, -0.2) is 25.9 Å². The molecule has 3 aromatic rings. The van der Waals surface area contributed by atoms with Crippen LogP contribution in [0.25, 0.3) is 0 Å². The Labute approximate surface area is 176 Å². The molecule has 0 bridgehead atoms. The number of nitrogens with zero attached hydrogens (tertiary/aromatic N) is 1. The van der Waals surface area contributed by atoms with Crippen LogP contribution in [0.4, 0.5) is 11.4 Å². The SMILES string of the molecule is CCOc1ccc(NS(=O)(=O)c2cc(NC(=O)c3ccc(C)nc3)ccc2C)cc1. The Balaban J connectivity index is 1.81. The summed E-state index contributed by atoms with van der Waals surface area (Å²) in [7, 11) is -3.85. The molecule has 0 aliphatic heterocycles. The smallest absolute Gasteiger partial charge is 0.262 e. The van der Waals surface area contributed by atoms with Gasteiger partial charge in [-0.2, -0.15) is 0 Å². The summed E-state index contributed by atoms with van der Waals surface area (Å²) in [6.45, 7) is 5.93. The summed E-state index contributed by atoms with van der Waals surface area (Å²) in [5, 5.41) is 2.72. The van der Waals surface area contributed by atoms with Gasteiger partial charge in [0.1, 0.15) is 5.75 Å². The van der Waals surface area contributed by atoms with E-state index >= 15 is 0 Å². The molecule has 2 N–H and O–H groups in total. The molecule has 1 amide bonds. The van der Waals surface area contributed by atoms with Gasteiger partial charge in [0.15, 0.2) is 0 Å². The summed E-state index contributed by atoms with van der Waals surface area (Å²) in [5.74, 6) is 0.293. The predicted octanol–water partition coefficient (Wildman–Crippen LogP) is 4.15. The van der Waals surface area contributed by atoms with Gasteiger partial charge in [0.25, 0.3) is 15.9 Å². The van der Waals surface area contributed by atoms with Gasteiger partial charge < -0.3 is 10.1 Å². The second-order valence-electron chi connectivity index (χ2n) is 6.69. The number of benzene rings is 2. The van der Waals surface area contributed by atoms with Crippen molar-refractivity contribution < 1.29 is 17.9 Å². The maximum atomic E-state index is 12.9. The summed E-state index contributed by atoms with van der Waals surface area (Å²) in [6, 6.07) is 14.8. The van der Waals surface area contributed by atoms with Gasteiger partial charge in [0.2, 0.25) is 0 Å². The first-order valence-corrected chi connectivity index (χ1v) is 10.9. The lowest BCUT2D eigenvalue weighted by Gasteiger charge is -2.13. The number of nitrogens with one attached hydrogen (secondary N) is 2. The molecule has 0 aliphatic carbocycles. The topological polar surface area (TPSA) is 97.4 Å². The number of pyridine rings is 1. The van der Waals surface area contributed by atoms with E-state index < -0.39 is 10.0 Å². The van der Waals surface area contributed by atoms with E-state index in [1.54, 1.807) is 55.5 Å². The maximum Gasteiger partial charge on any atom is 0.262 e. The first-order valence-electron chi connectivity index (χ1n) is 9.39. The van der Waals surface area contributed by atoms with Crippen molar-refractivity contribution in [2.75, 3.05) is 16.6 Å². The van der Waals surface area contributed by atoms with Crippen LogP contribution in [-0.2, 0) is 10.0 Å².